The first-order valence-corrected chi connectivity index (χ1v) is 7.48. The summed E-state index contributed by atoms with van der Waals surface area (Å²) in [5.74, 6) is 6.25. The van der Waals surface area contributed by atoms with E-state index in [1.807, 2.05) is 25.1 Å². The molecule has 2 atom stereocenters. The number of aryl methyl sites for hydroxylation is 1. The van der Waals surface area contributed by atoms with Crippen LogP contribution in [0.3, 0.4) is 0 Å². The first-order chi connectivity index (χ1) is 9.60. The second-order valence-electron chi connectivity index (χ2n) is 5.98. The van der Waals surface area contributed by atoms with E-state index in [2.05, 4.69) is 17.7 Å². The molecular formula is C16H25N3O. The molecule has 1 saturated carbocycles. The van der Waals surface area contributed by atoms with Crippen LogP contribution < -0.4 is 16.6 Å². The van der Waals surface area contributed by atoms with Gasteiger partial charge in [-0.05, 0) is 49.8 Å². The molecule has 1 aromatic carbocycles. The fraction of sp³-hybridized carbons (Fsp3) is 0.562. The SMILES string of the molecule is Cc1ccc(C(=O)NC2CCCC(C)CC2)c(NN)c1. The monoisotopic (exact) mass is 275 g/mol. The lowest BCUT2D eigenvalue weighted by molar-refractivity contribution is 0.0934. The minimum Gasteiger partial charge on any atom is -0.349 e. The van der Waals surface area contributed by atoms with Crippen molar-refractivity contribution in [1.29, 1.82) is 0 Å². The highest BCUT2D eigenvalue weighted by Crippen LogP contribution is 2.23. The highest BCUT2D eigenvalue weighted by Gasteiger charge is 2.19. The Morgan fingerprint density at radius 1 is 1.25 bits per heavy atom. The average molecular weight is 275 g/mol. The maximum Gasteiger partial charge on any atom is 0.253 e. The molecule has 0 radical (unpaired) electrons. The minimum absolute atomic E-state index is 0.0301. The molecule has 1 amide bonds. The first-order valence-electron chi connectivity index (χ1n) is 7.48. The maximum absolute atomic E-state index is 12.4. The van der Waals surface area contributed by atoms with Gasteiger partial charge >= 0.3 is 0 Å². The van der Waals surface area contributed by atoms with E-state index in [4.69, 9.17) is 5.84 Å². The summed E-state index contributed by atoms with van der Waals surface area (Å²) in [6, 6.07) is 5.95. The molecule has 2 unspecified atom stereocenters. The van der Waals surface area contributed by atoms with Gasteiger partial charge in [0.1, 0.15) is 0 Å². The summed E-state index contributed by atoms with van der Waals surface area (Å²) < 4.78 is 0. The highest BCUT2D eigenvalue weighted by atomic mass is 16.1. The van der Waals surface area contributed by atoms with E-state index in [0.717, 1.165) is 24.3 Å². The third-order valence-corrected chi connectivity index (χ3v) is 4.17. The minimum atomic E-state index is -0.0301. The van der Waals surface area contributed by atoms with Crippen molar-refractivity contribution in [2.75, 3.05) is 5.43 Å². The Labute approximate surface area is 121 Å². The van der Waals surface area contributed by atoms with Gasteiger partial charge in [-0.1, -0.05) is 25.8 Å². The van der Waals surface area contributed by atoms with Crippen molar-refractivity contribution in [3.05, 3.63) is 29.3 Å². The summed E-state index contributed by atoms with van der Waals surface area (Å²) >= 11 is 0. The van der Waals surface area contributed by atoms with E-state index in [-0.39, 0.29) is 5.91 Å². The number of nitrogens with one attached hydrogen (secondary N) is 2. The van der Waals surface area contributed by atoms with Crippen molar-refractivity contribution < 1.29 is 4.79 Å². The zero-order valence-corrected chi connectivity index (χ0v) is 12.4. The van der Waals surface area contributed by atoms with Crippen LogP contribution in [0.1, 0.15) is 54.9 Å². The fourth-order valence-corrected chi connectivity index (χ4v) is 2.87. The van der Waals surface area contributed by atoms with Crippen molar-refractivity contribution in [3.63, 3.8) is 0 Å². The normalized spacial score (nSPS) is 22.9. The third kappa shape index (κ3) is 3.73. The van der Waals surface area contributed by atoms with E-state index in [1.165, 1.54) is 19.3 Å². The van der Waals surface area contributed by atoms with Crippen LogP contribution in [0.25, 0.3) is 0 Å². The quantitative estimate of drug-likeness (QED) is 0.451. The summed E-state index contributed by atoms with van der Waals surface area (Å²) in [4.78, 5) is 12.4. The molecule has 0 aromatic heterocycles. The molecule has 4 nitrogen and oxygen atoms in total. The molecule has 1 fully saturated rings. The summed E-state index contributed by atoms with van der Waals surface area (Å²) in [5, 5.41) is 3.16. The number of hydrogen-bond acceptors (Lipinski definition) is 3. The van der Waals surface area contributed by atoms with Gasteiger partial charge in [0.15, 0.2) is 0 Å². The smallest absolute Gasteiger partial charge is 0.253 e. The molecule has 20 heavy (non-hydrogen) atoms. The van der Waals surface area contributed by atoms with Crippen LogP contribution in [-0.4, -0.2) is 11.9 Å². The second kappa shape index (κ2) is 6.75. The molecule has 4 N–H and O–H groups in total. The van der Waals surface area contributed by atoms with E-state index in [9.17, 15) is 4.79 Å². The van der Waals surface area contributed by atoms with Gasteiger partial charge < -0.3 is 10.7 Å². The highest BCUT2D eigenvalue weighted by molar-refractivity contribution is 5.99. The van der Waals surface area contributed by atoms with Crippen molar-refractivity contribution in [3.8, 4) is 0 Å². The first kappa shape index (κ1) is 14.9. The van der Waals surface area contributed by atoms with E-state index in [1.54, 1.807) is 0 Å². The number of nitrogens with two attached hydrogens (primary N) is 1. The molecule has 110 valence electrons. The average Bonchev–Trinajstić information content (AvgIpc) is 2.63. The summed E-state index contributed by atoms with van der Waals surface area (Å²) in [5.41, 5.74) is 5.00. The third-order valence-electron chi connectivity index (χ3n) is 4.17. The molecule has 2 rings (SSSR count). The number of amides is 1. The molecule has 4 heteroatoms. The van der Waals surface area contributed by atoms with Gasteiger partial charge in [-0.15, -0.1) is 0 Å². The van der Waals surface area contributed by atoms with Gasteiger partial charge in [0.2, 0.25) is 0 Å². The zero-order chi connectivity index (χ0) is 14.5. The molecule has 0 aliphatic heterocycles. The van der Waals surface area contributed by atoms with Crippen molar-refractivity contribution in [2.45, 2.75) is 52.0 Å². The Kier molecular flexibility index (Phi) is 5.01. The van der Waals surface area contributed by atoms with Crippen LogP contribution in [0.4, 0.5) is 5.69 Å². The van der Waals surface area contributed by atoms with Gasteiger partial charge in [-0.3, -0.25) is 10.6 Å². The summed E-state index contributed by atoms with van der Waals surface area (Å²) in [6.07, 6.45) is 5.81. The van der Waals surface area contributed by atoms with Gasteiger partial charge in [-0.2, -0.15) is 0 Å². The van der Waals surface area contributed by atoms with Gasteiger partial charge in [0.05, 0.1) is 11.3 Å². The number of carbonyl (C=O) groups is 1. The van der Waals surface area contributed by atoms with Crippen LogP contribution in [0.2, 0.25) is 0 Å². The fourth-order valence-electron chi connectivity index (χ4n) is 2.87. The van der Waals surface area contributed by atoms with Crippen LogP contribution in [0.5, 0.6) is 0 Å². The number of carbonyl (C=O) groups excluding carboxylic acids is 1. The molecule has 0 spiro atoms. The van der Waals surface area contributed by atoms with Crippen LogP contribution >= 0.6 is 0 Å². The largest absolute Gasteiger partial charge is 0.349 e. The van der Waals surface area contributed by atoms with Crippen molar-refractivity contribution in [1.82, 2.24) is 5.32 Å². The Morgan fingerprint density at radius 2 is 2.05 bits per heavy atom. The standard InChI is InChI=1S/C16H25N3O/c1-11-4-3-5-13(8-6-11)18-16(20)14-9-7-12(2)10-15(14)19-17/h7,9-11,13,19H,3-6,8,17H2,1-2H3,(H,18,20). The topological polar surface area (TPSA) is 67.2 Å². The molecular weight excluding hydrogens is 250 g/mol. The van der Waals surface area contributed by atoms with Gasteiger partial charge in [0, 0.05) is 6.04 Å². The zero-order valence-electron chi connectivity index (χ0n) is 12.4. The number of benzene rings is 1. The van der Waals surface area contributed by atoms with Crippen molar-refractivity contribution >= 4 is 11.6 Å². The van der Waals surface area contributed by atoms with Crippen LogP contribution in [0, 0.1) is 12.8 Å². The molecule has 0 saturated heterocycles. The Morgan fingerprint density at radius 3 is 2.80 bits per heavy atom. The van der Waals surface area contributed by atoms with E-state index >= 15 is 0 Å². The molecule has 1 aliphatic carbocycles. The lowest BCUT2D eigenvalue weighted by Gasteiger charge is -2.18. The molecule has 1 aliphatic rings. The van der Waals surface area contributed by atoms with E-state index in [0.29, 0.717) is 17.3 Å². The Bertz CT molecular complexity index is 473. The Hall–Kier alpha value is -1.55. The number of anilines is 1. The van der Waals surface area contributed by atoms with Gasteiger partial charge in [0.25, 0.3) is 5.91 Å². The summed E-state index contributed by atoms with van der Waals surface area (Å²) in [7, 11) is 0. The predicted octanol–water partition coefficient (Wildman–Crippen LogP) is 2.98. The van der Waals surface area contributed by atoms with Crippen LogP contribution in [0.15, 0.2) is 18.2 Å². The van der Waals surface area contributed by atoms with Crippen LogP contribution in [-0.2, 0) is 0 Å². The number of hydrazine groups is 1. The number of rotatable bonds is 3. The maximum atomic E-state index is 12.4. The van der Waals surface area contributed by atoms with Gasteiger partial charge in [-0.25, -0.2) is 0 Å². The number of nitrogen functional groups attached to an aromatic ring is 1. The molecule has 0 heterocycles. The second-order valence-corrected chi connectivity index (χ2v) is 5.98. The lowest BCUT2D eigenvalue weighted by atomic mass is 10.0. The predicted molar refractivity (Wildman–Crippen MR) is 82.5 cm³/mol. The number of hydrogen-bond donors (Lipinski definition) is 3. The van der Waals surface area contributed by atoms with Crippen molar-refractivity contribution in [2.24, 2.45) is 11.8 Å². The Balaban J connectivity index is 2.04. The lowest BCUT2D eigenvalue weighted by Crippen LogP contribution is -2.35. The van der Waals surface area contributed by atoms with E-state index < -0.39 is 0 Å². The molecule has 1 aromatic rings. The molecule has 0 bridgehead atoms. The summed E-state index contributed by atoms with van der Waals surface area (Å²) in [6.45, 7) is 4.27.